The van der Waals surface area contributed by atoms with Gasteiger partial charge >= 0.3 is 5.97 Å². The lowest BCUT2D eigenvalue weighted by Gasteiger charge is -2.32. The van der Waals surface area contributed by atoms with Crippen molar-refractivity contribution in [1.29, 1.82) is 0 Å². The molecule has 3 rings (SSSR count). The second kappa shape index (κ2) is 7.83. The summed E-state index contributed by atoms with van der Waals surface area (Å²) >= 11 is 0. The van der Waals surface area contributed by atoms with Gasteiger partial charge in [-0.25, -0.2) is 4.79 Å². The summed E-state index contributed by atoms with van der Waals surface area (Å²) < 4.78 is 6.89. The first-order chi connectivity index (χ1) is 12.0. The molecule has 0 radical (unpaired) electrons. The van der Waals surface area contributed by atoms with Gasteiger partial charge in [-0.15, -0.1) is 0 Å². The van der Waals surface area contributed by atoms with Gasteiger partial charge < -0.3 is 4.74 Å². The smallest absolute Gasteiger partial charge is 0.337 e. The number of carbonyl (C=O) groups excluding carboxylic acids is 1. The number of rotatable bonds is 5. The molecule has 1 aromatic carbocycles. The number of ether oxygens (including phenoxy) is 1. The molecule has 25 heavy (non-hydrogen) atoms. The molecule has 0 amide bonds. The first-order valence-electron chi connectivity index (χ1n) is 8.96. The third-order valence-corrected chi connectivity index (χ3v) is 5.02. The van der Waals surface area contributed by atoms with Crippen LogP contribution >= 0.6 is 0 Å². The van der Waals surface area contributed by atoms with Gasteiger partial charge in [-0.2, -0.15) is 5.10 Å². The van der Waals surface area contributed by atoms with Crippen LogP contribution in [0.5, 0.6) is 0 Å². The lowest BCUT2D eigenvalue weighted by atomic mass is 9.96. The van der Waals surface area contributed by atoms with Crippen molar-refractivity contribution >= 4 is 5.97 Å². The van der Waals surface area contributed by atoms with Crippen molar-refractivity contribution in [1.82, 2.24) is 14.7 Å². The second-order valence-corrected chi connectivity index (χ2v) is 7.02. The molecule has 1 saturated heterocycles. The minimum Gasteiger partial charge on any atom is -0.465 e. The van der Waals surface area contributed by atoms with Crippen molar-refractivity contribution in [3.8, 4) is 0 Å². The molecule has 1 fully saturated rings. The standard InChI is InChI=1S/C20H27N3O2/c1-15-12-16(2)23(21-15)14-18-8-10-22(11-9-18)13-17-4-6-19(7-5-17)20(24)25-3/h4-7,12,18H,8-11,13-14H2,1-3H3. The van der Waals surface area contributed by atoms with Gasteiger partial charge in [0.2, 0.25) is 0 Å². The summed E-state index contributed by atoms with van der Waals surface area (Å²) in [6.45, 7) is 8.38. The summed E-state index contributed by atoms with van der Waals surface area (Å²) in [7, 11) is 1.41. The molecule has 1 aliphatic rings. The number of methoxy groups -OCH3 is 1. The van der Waals surface area contributed by atoms with Gasteiger partial charge in [0.15, 0.2) is 0 Å². The molecule has 2 heterocycles. The fourth-order valence-electron chi connectivity index (χ4n) is 3.55. The van der Waals surface area contributed by atoms with E-state index in [-0.39, 0.29) is 5.97 Å². The summed E-state index contributed by atoms with van der Waals surface area (Å²) in [5.74, 6) is 0.424. The maximum absolute atomic E-state index is 11.5. The first kappa shape index (κ1) is 17.7. The highest BCUT2D eigenvalue weighted by Gasteiger charge is 2.20. The van der Waals surface area contributed by atoms with Crippen LogP contribution < -0.4 is 0 Å². The van der Waals surface area contributed by atoms with E-state index < -0.39 is 0 Å². The fraction of sp³-hybridized carbons (Fsp3) is 0.500. The van der Waals surface area contributed by atoms with E-state index in [0.717, 1.165) is 31.9 Å². The Morgan fingerprint density at radius 2 is 1.88 bits per heavy atom. The predicted octanol–water partition coefficient (Wildman–Crippen LogP) is 3.20. The highest BCUT2D eigenvalue weighted by molar-refractivity contribution is 5.89. The summed E-state index contributed by atoms with van der Waals surface area (Å²) in [5, 5.41) is 4.59. The van der Waals surface area contributed by atoms with Gasteiger partial charge in [0, 0.05) is 18.8 Å². The van der Waals surface area contributed by atoms with Crippen molar-refractivity contribution in [3.63, 3.8) is 0 Å². The van der Waals surface area contributed by atoms with Crippen molar-refractivity contribution in [2.75, 3.05) is 20.2 Å². The molecular weight excluding hydrogens is 314 g/mol. The van der Waals surface area contributed by atoms with Gasteiger partial charge in [-0.3, -0.25) is 9.58 Å². The Morgan fingerprint density at radius 1 is 1.20 bits per heavy atom. The molecule has 0 aliphatic carbocycles. The first-order valence-corrected chi connectivity index (χ1v) is 8.96. The van der Waals surface area contributed by atoms with E-state index >= 15 is 0 Å². The quantitative estimate of drug-likeness (QED) is 0.784. The number of benzene rings is 1. The Bertz CT molecular complexity index is 713. The maximum Gasteiger partial charge on any atom is 0.337 e. The summed E-state index contributed by atoms with van der Waals surface area (Å²) in [6, 6.07) is 9.88. The largest absolute Gasteiger partial charge is 0.465 e. The average Bonchev–Trinajstić information content (AvgIpc) is 2.94. The van der Waals surface area contributed by atoms with Gasteiger partial charge in [0.25, 0.3) is 0 Å². The van der Waals surface area contributed by atoms with E-state index in [1.165, 1.54) is 31.2 Å². The molecule has 1 aliphatic heterocycles. The molecule has 5 nitrogen and oxygen atoms in total. The molecule has 2 aromatic rings. The van der Waals surface area contributed by atoms with E-state index in [9.17, 15) is 4.79 Å². The molecule has 1 aromatic heterocycles. The number of aryl methyl sites for hydroxylation is 2. The average molecular weight is 341 g/mol. The van der Waals surface area contributed by atoms with E-state index in [2.05, 4.69) is 34.6 Å². The Balaban J connectivity index is 1.49. The predicted molar refractivity (Wildman–Crippen MR) is 97.5 cm³/mol. The summed E-state index contributed by atoms with van der Waals surface area (Å²) in [6.07, 6.45) is 2.41. The van der Waals surface area contributed by atoms with Crippen LogP contribution in [-0.2, 0) is 17.8 Å². The van der Waals surface area contributed by atoms with Crippen LogP contribution in [0, 0.1) is 19.8 Å². The third-order valence-electron chi connectivity index (χ3n) is 5.02. The Hall–Kier alpha value is -2.14. The number of hydrogen-bond donors (Lipinski definition) is 0. The minimum absolute atomic E-state index is 0.281. The van der Waals surface area contributed by atoms with Crippen LogP contribution in [0.3, 0.4) is 0 Å². The number of nitrogens with zero attached hydrogens (tertiary/aromatic N) is 3. The van der Waals surface area contributed by atoms with Crippen LogP contribution in [0.4, 0.5) is 0 Å². The number of carbonyl (C=O) groups is 1. The number of likely N-dealkylation sites (tertiary alicyclic amines) is 1. The van der Waals surface area contributed by atoms with E-state index in [1.54, 1.807) is 0 Å². The van der Waals surface area contributed by atoms with Gasteiger partial charge in [-0.1, -0.05) is 12.1 Å². The number of piperidine rings is 1. The molecule has 134 valence electrons. The highest BCUT2D eigenvalue weighted by Crippen LogP contribution is 2.21. The van der Waals surface area contributed by atoms with Crippen LogP contribution in [0.15, 0.2) is 30.3 Å². The number of esters is 1. The molecule has 0 atom stereocenters. The Labute approximate surface area is 149 Å². The van der Waals surface area contributed by atoms with E-state index in [0.29, 0.717) is 11.5 Å². The molecule has 0 saturated carbocycles. The monoisotopic (exact) mass is 341 g/mol. The zero-order valence-corrected chi connectivity index (χ0v) is 15.4. The third kappa shape index (κ3) is 4.48. The van der Waals surface area contributed by atoms with Gasteiger partial charge in [-0.05, 0) is 69.5 Å². The van der Waals surface area contributed by atoms with Gasteiger partial charge in [0.05, 0.1) is 18.4 Å². The maximum atomic E-state index is 11.5. The molecule has 0 bridgehead atoms. The van der Waals surface area contributed by atoms with Crippen LogP contribution in [0.2, 0.25) is 0 Å². The zero-order valence-electron chi connectivity index (χ0n) is 15.4. The van der Waals surface area contributed by atoms with Crippen molar-refractivity contribution in [2.24, 2.45) is 5.92 Å². The SMILES string of the molecule is COC(=O)c1ccc(CN2CCC(Cn3nc(C)cc3C)CC2)cc1. The highest BCUT2D eigenvalue weighted by atomic mass is 16.5. The Morgan fingerprint density at radius 3 is 2.44 bits per heavy atom. The summed E-state index contributed by atoms with van der Waals surface area (Å²) in [5.41, 5.74) is 4.20. The van der Waals surface area contributed by atoms with Crippen molar-refractivity contribution < 1.29 is 9.53 Å². The van der Waals surface area contributed by atoms with E-state index in [1.807, 2.05) is 24.3 Å². The molecule has 5 heteroatoms. The van der Waals surface area contributed by atoms with Crippen molar-refractivity contribution in [2.45, 2.75) is 39.8 Å². The molecular formula is C20H27N3O2. The Kier molecular flexibility index (Phi) is 5.53. The molecule has 0 N–H and O–H groups in total. The van der Waals surface area contributed by atoms with E-state index in [4.69, 9.17) is 4.74 Å². The number of hydrogen-bond acceptors (Lipinski definition) is 4. The fourth-order valence-corrected chi connectivity index (χ4v) is 3.55. The van der Waals surface area contributed by atoms with Crippen LogP contribution in [0.1, 0.15) is 40.2 Å². The minimum atomic E-state index is -0.281. The molecule has 0 unspecified atom stereocenters. The van der Waals surface area contributed by atoms with Crippen LogP contribution in [0.25, 0.3) is 0 Å². The zero-order chi connectivity index (χ0) is 17.8. The summed E-state index contributed by atoms with van der Waals surface area (Å²) in [4.78, 5) is 14.0. The van der Waals surface area contributed by atoms with Crippen molar-refractivity contribution in [3.05, 3.63) is 52.8 Å². The normalized spacial score (nSPS) is 16.1. The molecule has 0 spiro atoms. The lowest BCUT2D eigenvalue weighted by molar-refractivity contribution is 0.0600. The topological polar surface area (TPSA) is 47.4 Å². The van der Waals surface area contributed by atoms with Crippen LogP contribution in [-0.4, -0.2) is 40.8 Å². The van der Waals surface area contributed by atoms with Gasteiger partial charge in [0.1, 0.15) is 0 Å². The second-order valence-electron chi connectivity index (χ2n) is 7.02. The lowest BCUT2D eigenvalue weighted by Crippen LogP contribution is -2.34. The number of aromatic nitrogens is 2.